The fraction of sp³-hybridized carbons (Fsp3) is 0.750. The molecule has 15 heavy (non-hydrogen) atoms. The molecule has 0 amide bonds. The highest BCUT2D eigenvalue weighted by Crippen LogP contribution is 2.71. The minimum absolute atomic E-state index is 0.0509. The summed E-state index contributed by atoms with van der Waals surface area (Å²) in [6.07, 6.45) is 3.77. The van der Waals surface area contributed by atoms with Gasteiger partial charge in [-0.15, -0.1) is 0 Å². The first-order valence-corrected chi connectivity index (χ1v) is 5.53. The predicted octanol–water partition coefficient (Wildman–Crippen LogP) is 2.10. The van der Waals surface area contributed by atoms with E-state index in [1.807, 2.05) is 24.0 Å². The van der Waals surface area contributed by atoms with Crippen LogP contribution in [0.1, 0.15) is 39.6 Å². The van der Waals surface area contributed by atoms with Crippen LogP contribution < -0.4 is 5.73 Å². The van der Waals surface area contributed by atoms with Crippen molar-refractivity contribution < 1.29 is 0 Å². The number of aromatic nitrogens is 2. The van der Waals surface area contributed by atoms with Gasteiger partial charge in [0.1, 0.15) is 5.82 Å². The van der Waals surface area contributed by atoms with E-state index in [1.165, 1.54) is 0 Å². The summed E-state index contributed by atoms with van der Waals surface area (Å²) in [5, 5.41) is 0. The Bertz CT molecular complexity index is 362. The summed E-state index contributed by atoms with van der Waals surface area (Å²) in [5.74, 6) is 1.52. The predicted molar refractivity (Wildman–Crippen MR) is 61.2 cm³/mol. The monoisotopic (exact) mass is 207 g/mol. The van der Waals surface area contributed by atoms with Crippen molar-refractivity contribution in [3.63, 3.8) is 0 Å². The lowest BCUT2D eigenvalue weighted by atomic mass is 10.0. The van der Waals surface area contributed by atoms with Crippen molar-refractivity contribution in [3.05, 3.63) is 18.2 Å². The third-order valence-electron chi connectivity index (χ3n) is 4.65. The molecule has 2 rings (SSSR count). The third-order valence-corrected chi connectivity index (χ3v) is 4.65. The Balaban J connectivity index is 2.26. The van der Waals surface area contributed by atoms with E-state index < -0.39 is 0 Å². The summed E-state index contributed by atoms with van der Waals surface area (Å²) >= 11 is 0. The van der Waals surface area contributed by atoms with E-state index in [1.54, 1.807) is 0 Å². The van der Waals surface area contributed by atoms with Gasteiger partial charge in [0.05, 0.1) is 6.04 Å². The Morgan fingerprint density at radius 2 is 1.87 bits per heavy atom. The van der Waals surface area contributed by atoms with Crippen LogP contribution in [0.15, 0.2) is 12.4 Å². The van der Waals surface area contributed by atoms with E-state index in [9.17, 15) is 0 Å². The molecule has 0 radical (unpaired) electrons. The molecular formula is C12H21N3. The number of hydrogen-bond acceptors (Lipinski definition) is 2. The summed E-state index contributed by atoms with van der Waals surface area (Å²) in [6, 6.07) is 0.0509. The molecule has 1 atom stereocenters. The number of aryl methyl sites for hydroxylation is 1. The zero-order valence-electron chi connectivity index (χ0n) is 10.3. The Morgan fingerprint density at radius 1 is 1.33 bits per heavy atom. The van der Waals surface area contributed by atoms with Crippen molar-refractivity contribution in [2.24, 2.45) is 29.5 Å². The average molecular weight is 207 g/mol. The molecule has 1 aliphatic carbocycles. The zero-order valence-corrected chi connectivity index (χ0v) is 10.3. The van der Waals surface area contributed by atoms with Gasteiger partial charge in [0.15, 0.2) is 0 Å². The highest BCUT2D eigenvalue weighted by Gasteiger charge is 2.67. The molecule has 1 saturated carbocycles. The SMILES string of the molecule is Cn1ccnc1C(N)C1C(C)(C)C1(C)C. The molecule has 1 heterocycles. The molecule has 0 saturated heterocycles. The van der Waals surface area contributed by atoms with Gasteiger partial charge in [0, 0.05) is 19.4 Å². The standard InChI is InChI=1S/C12H21N3/c1-11(2)9(12(11,3)4)8(13)10-14-6-7-15(10)5/h6-9H,13H2,1-5H3. The molecule has 1 aliphatic rings. The fourth-order valence-electron chi connectivity index (χ4n) is 2.99. The van der Waals surface area contributed by atoms with E-state index in [0.29, 0.717) is 16.7 Å². The molecule has 0 aliphatic heterocycles. The molecule has 84 valence electrons. The topological polar surface area (TPSA) is 43.8 Å². The van der Waals surface area contributed by atoms with Gasteiger partial charge in [0.25, 0.3) is 0 Å². The van der Waals surface area contributed by atoms with Gasteiger partial charge in [-0.1, -0.05) is 27.7 Å². The molecular weight excluding hydrogens is 186 g/mol. The smallest absolute Gasteiger partial charge is 0.125 e. The first kappa shape index (κ1) is 10.7. The van der Waals surface area contributed by atoms with Crippen molar-refractivity contribution in [2.75, 3.05) is 0 Å². The normalized spacial score (nSPS) is 25.2. The van der Waals surface area contributed by atoms with Gasteiger partial charge >= 0.3 is 0 Å². The van der Waals surface area contributed by atoms with Gasteiger partial charge in [0.2, 0.25) is 0 Å². The lowest BCUT2D eigenvalue weighted by molar-refractivity contribution is 0.457. The molecule has 1 unspecified atom stereocenters. The molecule has 1 aromatic heterocycles. The second kappa shape index (κ2) is 2.85. The minimum Gasteiger partial charge on any atom is -0.337 e. The highest BCUT2D eigenvalue weighted by molar-refractivity contribution is 5.19. The quantitative estimate of drug-likeness (QED) is 0.807. The van der Waals surface area contributed by atoms with Gasteiger partial charge in [-0.05, 0) is 16.7 Å². The minimum atomic E-state index is 0.0509. The van der Waals surface area contributed by atoms with E-state index in [4.69, 9.17) is 5.73 Å². The van der Waals surface area contributed by atoms with E-state index in [0.717, 1.165) is 5.82 Å². The van der Waals surface area contributed by atoms with Gasteiger partial charge in [-0.3, -0.25) is 0 Å². The summed E-state index contributed by atoms with van der Waals surface area (Å²) in [5.41, 5.74) is 6.95. The summed E-state index contributed by atoms with van der Waals surface area (Å²) in [4.78, 5) is 4.35. The van der Waals surface area contributed by atoms with Crippen LogP contribution in [0.2, 0.25) is 0 Å². The fourth-order valence-corrected chi connectivity index (χ4v) is 2.99. The van der Waals surface area contributed by atoms with E-state index in [2.05, 4.69) is 32.7 Å². The summed E-state index contributed by atoms with van der Waals surface area (Å²) in [6.45, 7) is 9.17. The largest absolute Gasteiger partial charge is 0.337 e. The van der Waals surface area contributed by atoms with Crippen LogP contribution in [0.3, 0.4) is 0 Å². The summed E-state index contributed by atoms with van der Waals surface area (Å²) < 4.78 is 2.02. The van der Waals surface area contributed by atoms with Crippen molar-refractivity contribution in [1.82, 2.24) is 9.55 Å². The Morgan fingerprint density at radius 3 is 2.20 bits per heavy atom. The Labute approximate surface area is 91.7 Å². The van der Waals surface area contributed by atoms with E-state index in [-0.39, 0.29) is 6.04 Å². The van der Waals surface area contributed by atoms with Gasteiger partial charge in [-0.2, -0.15) is 0 Å². The van der Waals surface area contributed by atoms with Crippen LogP contribution in [0.5, 0.6) is 0 Å². The number of nitrogens with two attached hydrogens (primary N) is 1. The van der Waals surface area contributed by atoms with Gasteiger partial charge in [-0.25, -0.2) is 4.98 Å². The van der Waals surface area contributed by atoms with E-state index >= 15 is 0 Å². The number of imidazole rings is 1. The average Bonchev–Trinajstić information content (AvgIpc) is 2.48. The number of rotatable bonds is 2. The molecule has 1 fully saturated rings. The molecule has 0 bridgehead atoms. The molecule has 3 heteroatoms. The maximum Gasteiger partial charge on any atom is 0.125 e. The zero-order chi connectivity index (χ0) is 11.4. The second-order valence-corrected chi connectivity index (χ2v) is 5.84. The maximum atomic E-state index is 6.31. The number of nitrogens with zero attached hydrogens (tertiary/aromatic N) is 2. The second-order valence-electron chi connectivity index (χ2n) is 5.84. The third kappa shape index (κ3) is 1.26. The summed E-state index contributed by atoms with van der Waals surface area (Å²) in [7, 11) is 2.00. The van der Waals surface area contributed by atoms with Crippen molar-refractivity contribution >= 4 is 0 Å². The molecule has 1 aromatic rings. The van der Waals surface area contributed by atoms with Crippen LogP contribution in [0.4, 0.5) is 0 Å². The lowest BCUT2D eigenvalue weighted by Crippen LogP contribution is -2.20. The Kier molecular flexibility index (Phi) is 2.03. The highest BCUT2D eigenvalue weighted by atomic mass is 15.1. The lowest BCUT2D eigenvalue weighted by Gasteiger charge is -2.13. The van der Waals surface area contributed by atoms with Crippen molar-refractivity contribution in [3.8, 4) is 0 Å². The molecule has 0 aromatic carbocycles. The first-order chi connectivity index (χ1) is 6.80. The van der Waals surface area contributed by atoms with Crippen molar-refractivity contribution in [1.29, 1.82) is 0 Å². The van der Waals surface area contributed by atoms with Gasteiger partial charge < -0.3 is 10.3 Å². The van der Waals surface area contributed by atoms with Crippen molar-refractivity contribution in [2.45, 2.75) is 33.7 Å². The Hall–Kier alpha value is -0.830. The van der Waals surface area contributed by atoms with Crippen LogP contribution in [-0.2, 0) is 7.05 Å². The molecule has 0 spiro atoms. The number of hydrogen-bond donors (Lipinski definition) is 1. The van der Waals surface area contributed by atoms with Crippen LogP contribution >= 0.6 is 0 Å². The maximum absolute atomic E-state index is 6.31. The molecule has 2 N–H and O–H groups in total. The molecule has 3 nitrogen and oxygen atoms in total. The first-order valence-electron chi connectivity index (χ1n) is 5.53. The van der Waals surface area contributed by atoms with Crippen LogP contribution in [-0.4, -0.2) is 9.55 Å². The van der Waals surface area contributed by atoms with Crippen LogP contribution in [0.25, 0.3) is 0 Å². The van der Waals surface area contributed by atoms with Crippen LogP contribution in [0, 0.1) is 16.7 Å².